The van der Waals surface area contributed by atoms with Gasteiger partial charge in [0, 0.05) is 0 Å². The first-order chi connectivity index (χ1) is 7.28. The van der Waals surface area contributed by atoms with Gasteiger partial charge in [0.05, 0.1) is 18.8 Å². The predicted molar refractivity (Wildman–Crippen MR) is 49.8 cm³/mol. The molecule has 0 unspecified atom stereocenters. The second-order valence-corrected chi connectivity index (χ2v) is 3.37. The lowest BCUT2D eigenvalue weighted by Crippen LogP contribution is -2.57. The minimum atomic E-state index is -4.50. The molecule has 0 rings (SSSR count). The summed E-state index contributed by atoms with van der Waals surface area (Å²) in [5, 5.41) is 21.5. The summed E-state index contributed by atoms with van der Waals surface area (Å²) in [7, 11) is 0. The summed E-state index contributed by atoms with van der Waals surface area (Å²) >= 11 is 0. The van der Waals surface area contributed by atoms with Crippen molar-refractivity contribution in [1.82, 2.24) is 10.6 Å². The molecular formula is C8H15F3N2O3. The van der Waals surface area contributed by atoms with Crippen LogP contribution in [0, 0.1) is 0 Å². The van der Waals surface area contributed by atoms with E-state index in [2.05, 4.69) is 5.32 Å². The zero-order chi connectivity index (χ0) is 12.8. The average Bonchev–Trinajstić information content (AvgIpc) is 2.22. The summed E-state index contributed by atoms with van der Waals surface area (Å²) < 4.78 is 35.3. The van der Waals surface area contributed by atoms with Gasteiger partial charge in [0.2, 0.25) is 0 Å². The number of rotatable bonds is 5. The van der Waals surface area contributed by atoms with Gasteiger partial charge in [-0.1, -0.05) is 6.92 Å². The van der Waals surface area contributed by atoms with Crippen LogP contribution in [0.25, 0.3) is 0 Å². The molecule has 5 nitrogen and oxygen atoms in total. The fourth-order valence-corrected chi connectivity index (χ4v) is 0.907. The number of carbonyl (C=O) groups excluding carboxylic acids is 1. The van der Waals surface area contributed by atoms with E-state index in [0.717, 1.165) is 0 Å². The quantitative estimate of drug-likeness (QED) is 0.548. The van der Waals surface area contributed by atoms with Crippen LogP contribution in [-0.4, -0.2) is 47.7 Å². The Labute approximate surface area is 90.6 Å². The molecule has 4 N–H and O–H groups in total. The normalized spacial score (nSPS) is 12.4. The molecule has 0 aliphatic carbocycles. The lowest BCUT2D eigenvalue weighted by Gasteiger charge is -2.29. The molecule has 0 fully saturated rings. The Morgan fingerprint density at radius 3 is 2.06 bits per heavy atom. The van der Waals surface area contributed by atoms with Gasteiger partial charge in [-0.2, -0.15) is 13.2 Å². The van der Waals surface area contributed by atoms with Crippen molar-refractivity contribution in [3.05, 3.63) is 0 Å². The van der Waals surface area contributed by atoms with Crippen molar-refractivity contribution in [3.63, 3.8) is 0 Å². The van der Waals surface area contributed by atoms with Crippen LogP contribution in [-0.2, 0) is 0 Å². The van der Waals surface area contributed by atoms with Crippen LogP contribution in [0.15, 0.2) is 0 Å². The second-order valence-electron chi connectivity index (χ2n) is 3.37. The maximum Gasteiger partial charge on any atom is 0.405 e. The fourth-order valence-electron chi connectivity index (χ4n) is 0.907. The van der Waals surface area contributed by atoms with Crippen molar-refractivity contribution in [1.29, 1.82) is 0 Å². The van der Waals surface area contributed by atoms with Crippen LogP contribution in [0.1, 0.15) is 13.3 Å². The molecule has 16 heavy (non-hydrogen) atoms. The van der Waals surface area contributed by atoms with E-state index in [4.69, 9.17) is 10.2 Å². The molecule has 0 saturated carbocycles. The van der Waals surface area contributed by atoms with E-state index in [1.54, 1.807) is 12.2 Å². The zero-order valence-corrected chi connectivity index (χ0v) is 8.76. The van der Waals surface area contributed by atoms with Gasteiger partial charge in [0.25, 0.3) is 0 Å². The standard InChI is InChI=1S/C8H15F3N2O3/c1-2-7(4-14,5-15)13-6(16)12-3-8(9,10)11/h14-15H,2-5H2,1H3,(H2,12,13,16). The molecular weight excluding hydrogens is 229 g/mol. The van der Waals surface area contributed by atoms with E-state index < -0.39 is 37.5 Å². The lowest BCUT2D eigenvalue weighted by molar-refractivity contribution is -0.122. The van der Waals surface area contributed by atoms with Crippen LogP contribution < -0.4 is 10.6 Å². The van der Waals surface area contributed by atoms with E-state index in [9.17, 15) is 18.0 Å². The van der Waals surface area contributed by atoms with Gasteiger partial charge in [-0.3, -0.25) is 0 Å². The zero-order valence-electron chi connectivity index (χ0n) is 8.76. The third kappa shape index (κ3) is 5.17. The number of hydrogen-bond donors (Lipinski definition) is 4. The number of halogens is 3. The van der Waals surface area contributed by atoms with Crippen LogP contribution in [0.5, 0.6) is 0 Å². The number of nitrogens with one attached hydrogen (secondary N) is 2. The first kappa shape index (κ1) is 15.0. The molecule has 0 radical (unpaired) electrons. The first-order valence-corrected chi connectivity index (χ1v) is 4.63. The maximum absolute atomic E-state index is 11.8. The van der Waals surface area contributed by atoms with Crippen molar-refractivity contribution < 1.29 is 28.2 Å². The number of aliphatic hydroxyl groups is 2. The Morgan fingerprint density at radius 2 is 1.75 bits per heavy atom. The first-order valence-electron chi connectivity index (χ1n) is 4.63. The van der Waals surface area contributed by atoms with E-state index in [1.165, 1.54) is 0 Å². The molecule has 2 amide bonds. The Kier molecular flexibility index (Phi) is 5.52. The highest BCUT2D eigenvalue weighted by Crippen LogP contribution is 2.12. The van der Waals surface area contributed by atoms with Crippen molar-refractivity contribution in [2.75, 3.05) is 19.8 Å². The minimum absolute atomic E-state index is 0.194. The number of carbonyl (C=O) groups is 1. The smallest absolute Gasteiger partial charge is 0.394 e. The third-order valence-corrected chi connectivity index (χ3v) is 2.11. The summed E-state index contributed by atoms with van der Waals surface area (Å²) in [6, 6.07) is -1.08. The van der Waals surface area contributed by atoms with Crippen molar-refractivity contribution >= 4 is 6.03 Å². The molecule has 0 bridgehead atoms. The summed E-state index contributed by atoms with van der Waals surface area (Å²) in [6.07, 6.45) is -4.30. The predicted octanol–water partition coefficient (Wildman–Crippen LogP) is -0.0187. The fraction of sp³-hybridized carbons (Fsp3) is 0.875. The summed E-state index contributed by atoms with van der Waals surface area (Å²) in [4.78, 5) is 11.0. The van der Waals surface area contributed by atoms with Crippen LogP contribution in [0.3, 0.4) is 0 Å². The number of hydrogen-bond acceptors (Lipinski definition) is 3. The molecule has 0 heterocycles. The number of amides is 2. The van der Waals surface area contributed by atoms with E-state index in [1.807, 2.05) is 0 Å². The van der Waals surface area contributed by atoms with Gasteiger partial charge in [-0.15, -0.1) is 0 Å². The van der Waals surface area contributed by atoms with Crippen LogP contribution in [0.4, 0.5) is 18.0 Å². The largest absolute Gasteiger partial charge is 0.405 e. The van der Waals surface area contributed by atoms with Gasteiger partial charge in [-0.05, 0) is 6.42 Å². The van der Waals surface area contributed by atoms with Crippen molar-refractivity contribution in [2.24, 2.45) is 0 Å². The van der Waals surface area contributed by atoms with Gasteiger partial charge < -0.3 is 20.8 Å². The molecule has 0 aliphatic heterocycles. The Hall–Kier alpha value is -1.02. The minimum Gasteiger partial charge on any atom is -0.394 e. The number of alkyl halides is 3. The topological polar surface area (TPSA) is 81.6 Å². The lowest BCUT2D eigenvalue weighted by atomic mass is 9.99. The van der Waals surface area contributed by atoms with Gasteiger partial charge in [-0.25, -0.2) is 4.79 Å². The Morgan fingerprint density at radius 1 is 1.25 bits per heavy atom. The third-order valence-electron chi connectivity index (χ3n) is 2.11. The van der Waals surface area contributed by atoms with Gasteiger partial charge >= 0.3 is 12.2 Å². The number of aliphatic hydroxyl groups excluding tert-OH is 2. The van der Waals surface area contributed by atoms with Crippen LogP contribution in [0.2, 0.25) is 0 Å². The monoisotopic (exact) mass is 244 g/mol. The molecule has 0 aromatic rings. The molecule has 8 heteroatoms. The highest BCUT2D eigenvalue weighted by atomic mass is 19.4. The highest BCUT2D eigenvalue weighted by Gasteiger charge is 2.31. The van der Waals surface area contributed by atoms with Crippen molar-refractivity contribution in [2.45, 2.75) is 25.1 Å². The Balaban J connectivity index is 4.21. The summed E-state index contributed by atoms with van der Waals surface area (Å²) in [5.74, 6) is 0. The maximum atomic E-state index is 11.8. The molecule has 0 aromatic heterocycles. The van der Waals surface area contributed by atoms with Crippen LogP contribution >= 0.6 is 0 Å². The molecule has 0 saturated heterocycles. The van der Waals surface area contributed by atoms with E-state index in [-0.39, 0.29) is 6.42 Å². The molecule has 0 spiro atoms. The highest BCUT2D eigenvalue weighted by molar-refractivity contribution is 5.74. The molecule has 0 aliphatic rings. The van der Waals surface area contributed by atoms with Crippen molar-refractivity contribution in [3.8, 4) is 0 Å². The summed E-state index contributed by atoms with van der Waals surface area (Å²) in [6.45, 7) is -0.995. The van der Waals surface area contributed by atoms with E-state index in [0.29, 0.717) is 0 Å². The number of urea groups is 1. The summed E-state index contributed by atoms with van der Waals surface area (Å²) in [5.41, 5.74) is -1.30. The molecule has 0 atom stereocenters. The average molecular weight is 244 g/mol. The van der Waals surface area contributed by atoms with Gasteiger partial charge in [0.1, 0.15) is 6.54 Å². The second kappa shape index (κ2) is 5.90. The molecule has 0 aromatic carbocycles. The molecule has 96 valence electrons. The van der Waals surface area contributed by atoms with E-state index >= 15 is 0 Å². The Bertz CT molecular complexity index is 221. The SMILES string of the molecule is CCC(CO)(CO)NC(=O)NCC(F)(F)F. The van der Waals surface area contributed by atoms with Gasteiger partial charge in [0.15, 0.2) is 0 Å².